The second kappa shape index (κ2) is 16.8. The maximum atomic E-state index is 10.0. The van der Waals surface area contributed by atoms with E-state index in [0.29, 0.717) is 74.8 Å². The van der Waals surface area contributed by atoms with Crippen LogP contribution in [0.25, 0.3) is 0 Å². The predicted molar refractivity (Wildman–Crippen MR) is 201 cm³/mol. The number of nitrogens with two attached hydrogens (primary N) is 1. The van der Waals surface area contributed by atoms with E-state index in [1.54, 1.807) is 43.3 Å². The smallest absolute Gasteiger partial charge is 0.162 e. The van der Waals surface area contributed by atoms with Gasteiger partial charge in [-0.15, -0.1) is 0 Å². The van der Waals surface area contributed by atoms with E-state index >= 15 is 0 Å². The summed E-state index contributed by atoms with van der Waals surface area (Å²) < 4.78 is 11.9. The number of nitrogens with one attached hydrogen (secondary N) is 2. The Bertz CT molecular complexity index is 1560. The van der Waals surface area contributed by atoms with Crippen molar-refractivity contribution in [2.75, 3.05) is 62.3 Å². The zero-order valence-corrected chi connectivity index (χ0v) is 31.6. The van der Waals surface area contributed by atoms with E-state index in [9.17, 15) is 5.26 Å². The van der Waals surface area contributed by atoms with E-state index in [0.717, 1.165) is 19.6 Å². The molecular formula is C31H38Cl2IN8O2PS. The summed E-state index contributed by atoms with van der Waals surface area (Å²) >= 11 is 16.7. The van der Waals surface area contributed by atoms with E-state index in [2.05, 4.69) is 48.1 Å². The van der Waals surface area contributed by atoms with Gasteiger partial charge in [-0.05, 0) is 79.5 Å². The Balaban J connectivity index is 0.00000154. The molecule has 2 aliphatic rings. The summed E-state index contributed by atoms with van der Waals surface area (Å²) in [5, 5.41) is 23.3. The quantitative estimate of drug-likeness (QED) is 0.104. The summed E-state index contributed by atoms with van der Waals surface area (Å²) in [4.78, 5) is 13.1. The third kappa shape index (κ3) is 8.67. The molecule has 1 aromatic carbocycles. The highest BCUT2D eigenvalue weighted by atomic mass is 127. The van der Waals surface area contributed by atoms with Crippen molar-refractivity contribution in [3.63, 3.8) is 0 Å². The van der Waals surface area contributed by atoms with Crippen molar-refractivity contribution in [1.29, 1.82) is 10.7 Å². The normalized spacial score (nSPS) is 16.3. The van der Waals surface area contributed by atoms with Gasteiger partial charge in [-0.3, -0.25) is 10.4 Å². The number of pyridine rings is 2. The first-order valence-electron chi connectivity index (χ1n) is 14.5. The van der Waals surface area contributed by atoms with Crippen molar-refractivity contribution in [3.05, 3.63) is 69.1 Å². The Morgan fingerprint density at radius 1 is 1.20 bits per heavy atom. The molecule has 10 nitrogen and oxygen atoms in total. The Hall–Kier alpha value is -2.11. The molecule has 15 heteroatoms. The number of aromatic nitrogens is 2. The third-order valence-corrected chi connectivity index (χ3v) is 9.45. The van der Waals surface area contributed by atoms with E-state index in [4.69, 9.17) is 43.8 Å². The summed E-state index contributed by atoms with van der Waals surface area (Å²) in [6.45, 7) is 6.13. The number of benzene rings is 1. The van der Waals surface area contributed by atoms with Crippen LogP contribution >= 0.6 is 63.4 Å². The fourth-order valence-electron chi connectivity index (χ4n) is 5.67. The van der Waals surface area contributed by atoms with Gasteiger partial charge in [-0.25, -0.2) is 4.98 Å². The second-order valence-electron chi connectivity index (χ2n) is 11.2. The van der Waals surface area contributed by atoms with Crippen LogP contribution in [-0.2, 0) is 0 Å². The maximum absolute atomic E-state index is 10.0. The molecule has 46 heavy (non-hydrogen) atoms. The number of likely N-dealkylation sites (tertiary alicyclic amines) is 1. The van der Waals surface area contributed by atoms with Crippen LogP contribution in [0.1, 0.15) is 48.1 Å². The van der Waals surface area contributed by atoms with Gasteiger partial charge in [0.15, 0.2) is 11.5 Å². The van der Waals surface area contributed by atoms with Crippen LogP contribution in [0, 0.1) is 16.7 Å². The summed E-state index contributed by atoms with van der Waals surface area (Å²) in [7, 11) is 1.55. The standard InChI is InChI=1S/C29H32Cl2IN8O2P.C2H6S/c1-17(26-21(30)12-36-13-22(26)31)42-25-8-20(23(38-43-32)9-24(25)41-2)27(34)19-7-18(10-33)28(37-11-19)40-15-29(35,16-40)14-39-5-3-4-6-39;1-3-2/h7-9,11-13,17,34,38,43H,3-6,14-16,35H2,1-2H3;1-2H3/t17-;/m1./s1. The lowest BCUT2D eigenvalue weighted by Gasteiger charge is -2.50. The SMILES string of the molecule is COc1cc(NPI)c(C(=N)c2cnc(N3CC(N)(CN4CCCC4)C3)c(C#N)c2)cc1O[C@H](C)c1c(Cl)cncc1Cl.CSC. The van der Waals surface area contributed by atoms with E-state index in [1.807, 2.05) is 24.3 Å². The Labute approximate surface area is 299 Å². The molecule has 2 fully saturated rings. The number of rotatable bonds is 11. The molecule has 2 atom stereocenters. The van der Waals surface area contributed by atoms with Gasteiger partial charge in [0.2, 0.25) is 0 Å². The first-order chi connectivity index (χ1) is 22.1. The summed E-state index contributed by atoms with van der Waals surface area (Å²) in [5.41, 5.74) is 9.27. The highest BCUT2D eigenvalue weighted by molar-refractivity contribution is 14.2. The number of hydrogen-bond acceptors (Lipinski definition) is 11. The van der Waals surface area contributed by atoms with Crippen LogP contribution < -0.4 is 25.2 Å². The monoisotopic (exact) mass is 814 g/mol. The third-order valence-electron chi connectivity index (χ3n) is 7.68. The fourth-order valence-corrected chi connectivity index (χ4v) is 7.52. The minimum absolute atomic E-state index is 0.179. The first kappa shape index (κ1) is 36.7. The van der Waals surface area contributed by atoms with Crippen LogP contribution in [0.15, 0.2) is 36.8 Å². The number of methoxy groups -OCH3 is 1. The van der Waals surface area contributed by atoms with Gasteiger partial charge >= 0.3 is 0 Å². The lowest BCUT2D eigenvalue weighted by molar-refractivity contribution is 0.210. The second-order valence-corrected chi connectivity index (χ2v) is 14.9. The Morgan fingerprint density at radius 2 is 1.85 bits per heavy atom. The summed E-state index contributed by atoms with van der Waals surface area (Å²) in [6, 6.07) is 7.52. The lowest BCUT2D eigenvalue weighted by Crippen LogP contribution is -2.71. The summed E-state index contributed by atoms with van der Waals surface area (Å²) in [5.74, 6) is 1.47. The minimum atomic E-state index is -0.535. The number of halogens is 3. The van der Waals surface area contributed by atoms with E-state index < -0.39 is 6.10 Å². The average molecular weight is 816 g/mol. The molecule has 0 aliphatic carbocycles. The van der Waals surface area contributed by atoms with Gasteiger partial charge in [0.25, 0.3) is 0 Å². The number of thioether (sulfide) groups is 1. The van der Waals surface area contributed by atoms with Crippen molar-refractivity contribution in [3.8, 4) is 17.6 Å². The van der Waals surface area contributed by atoms with Gasteiger partial charge in [0.1, 0.15) is 18.0 Å². The van der Waals surface area contributed by atoms with Gasteiger partial charge in [0.05, 0.1) is 39.7 Å². The van der Waals surface area contributed by atoms with Crippen molar-refractivity contribution in [2.24, 2.45) is 5.73 Å². The van der Waals surface area contributed by atoms with Gasteiger partial charge in [-0.2, -0.15) is 17.0 Å². The van der Waals surface area contributed by atoms with Crippen LogP contribution in [0.2, 0.25) is 10.0 Å². The molecule has 3 aromatic rings. The van der Waals surface area contributed by atoms with Crippen LogP contribution in [0.4, 0.5) is 11.5 Å². The first-order valence-corrected chi connectivity index (χ1v) is 21.0. The van der Waals surface area contributed by atoms with Crippen LogP contribution in [0.5, 0.6) is 11.5 Å². The number of ether oxygens (including phenoxy) is 2. The molecule has 2 aliphatic heterocycles. The van der Waals surface area contributed by atoms with Crippen molar-refractivity contribution in [1.82, 2.24) is 14.9 Å². The lowest BCUT2D eigenvalue weighted by atomic mass is 9.89. The van der Waals surface area contributed by atoms with Crippen LogP contribution in [0.3, 0.4) is 0 Å². The molecule has 0 amide bonds. The molecule has 2 aromatic heterocycles. The molecule has 0 saturated carbocycles. The minimum Gasteiger partial charge on any atom is -0.493 e. The molecule has 2 saturated heterocycles. The average Bonchev–Trinajstić information content (AvgIpc) is 3.53. The zero-order chi connectivity index (χ0) is 33.4. The van der Waals surface area contributed by atoms with Gasteiger partial charge in [-0.1, -0.05) is 23.2 Å². The van der Waals surface area contributed by atoms with E-state index in [-0.39, 0.29) is 11.3 Å². The van der Waals surface area contributed by atoms with Gasteiger partial charge < -0.3 is 30.1 Å². The van der Waals surface area contributed by atoms with E-state index in [1.165, 1.54) is 25.2 Å². The maximum Gasteiger partial charge on any atom is 0.162 e. The molecule has 5 rings (SSSR count). The summed E-state index contributed by atoms with van der Waals surface area (Å²) in [6.07, 6.45) is 11.0. The Morgan fingerprint density at radius 3 is 2.43 bits per heavy atom. The van der Waals surface area contributed by atoms with Crippen molar-refractivity contribution >= 4 is 80.6 Å². The number of nitriles is 1. The molecule has 0 spiro atoms. The zero-order valence-electron chi connectivity index (χ0n) is 26.2. The predicted octanol–water partition coefficient (Wildman–Crippen LogP) is 7.17. The molecule has 4 N–H and O–H groups in total. The molecule has 1 unspecified atom stereocenters. The van der Waals surface area contributed by atoms with Gasteiger partial charge in [0, 0.05) is 67.4 Å². The number of nitrogens with zero attached hydrogens (tertiary/aromatic N) is 5. The van der Waals surface area contributed by atoms with Crippen LogP contribution in [-0.4, -0.2) is 78.5 Å². The van der Waals surface area contributed by atoms with Crippen molar-refractivity contribution < 1.29 is 9.47 Å². The number of anilines is 2. The molecule has 0 bridgehead atoms. The highest BCUT2D eigenvalue weighted by Gasteiger charge is 2.42. The largest absolute Gasteiger partial charge is 0.493 e. The Kier molecular flexibility index (Phi) is 13.4. The molecular weight excluding hydrogens is 777 g/mol. The molecule has 246 valence electrons. The topological polar surface area (TPSA) is 136 Å². The van der Waals surface area contributed by atoms with Crippen molar-refractivity contribution in [2.45, 2.75) is 31.4 Å². The fraction of sp³-hybridized carbons (Fsp3) is 0.419. The number of hydrogen-bond donors (Lipinski definition) is 3. The molecule has 0 radical (unpaired) electrons. The highest BCUT2D eigenvalue weighted by Crippen LogP contribution is 2.41. The molecule has 4 heterocycles.